The number of rotatable bonds is 3. The van der Waals surface area contributed by atoms with Crippen molar-refractivity contribution in [2.75, 3.05) is 0 Å². The van der Waals surface area contributed by atoms with Crippen LogP contribution in [-0.2, 0) is 6.54 Å². The van der Waals surface area contributed by atoms with Gasteiger partial charge < -0.3 is 5.32 Å². The van der Waals surface area contributed by atoms with Crippen molar-refractivity contribution in [2.24, 2.45) is 23.7 Å². The maximum Gasteiger partial charge on any atom is 0.0302 e. The van der Waals surface area contributed by atoms with E-state index in [2.05, 4.69) is 22.8 Å². The fraction of sp³-hybridized carbons (Fsp3) is 0.733. The molecule has 0 unspecified atom stereocenters. The predicted octanol–water partition coefficient (Wildman–Crippen LogP) is 3.66. The van der Waals surface area contributed by atoms with E-state index < -0.39 is 0 Å². The molecule has 4 rings (SSSR count). The molecule has 0 spiro atoms. The SMILES string of the molecule is c1csc(CN[C@@H]2C[C@H]3C[C@@H]2[C@@H]2CCC[C@H]32)c1. The van der Waals surface area contributed by atoms with Gasteiger partial charge in [-0.1, -0.05) is 12.5 Å². The predicted molar refractivity (Wildman–Crippen MR) is 72.0 cm³/mol. The molecule has 1 aromatic rings. The Bertz CT molecular complexity index is 386. The third-order valence-electron chi connectivity index (χ3n) is 5.55. The lowest BCUT2D eigenvalue weighted by Crippen LogP contribution is -2.38. The lowest BCUT2D eigenvalue weighted by molar-refractivity contribution is 0.208. The van der Waals surface area contributed by atoms with Crippen LogP contribution < -0.4 is 5.32 Å². The Labute approximate surface area is 108 Å². The van der Waals surface area contributed by atoms with Crippen LogP contribution in [-0.4, -0.2) is 6.04 Å². The highest BCUT2D eigenvalue weighted by Crippen LogP contribution is 2.58. The minimum atomic E-state index is 0.835. The molecule has 1 N–H and O–H groups in total. The molecule has 3 fully saturated rings. The third kappa shape index (κ3) is 1.68. The van der Waals surface area contributed by atoms with Gasteiger partial charge in [-0.25, -0.2) is 0 Å². The lowest BCUT2D eigenvalue weighted by atomic mass is 9.79. The van der Waals surface area contributed by atoms with Crippen molar-refractivity contribution in [3.05, 3.63) is 22.4 Å². The van der Waals surface area contributed by atoms with Gasteiger partial charge in [-0.3, -0.25) is 0 Å². The number of hydrogen-bond acceptors (Lipinski definition) is 2. The molecular weight excluding hydrogens is 226 g/mol. The van der Waals surface area contributed by atoms with Gasteiger partial charge in [0.2, 0.25) is 0 Å². The Morgan fingerprint density at radius 2 is 2.12 bits per heavy atom. The Balaban J connectivity index is 1.41. The molecule has 0 amide bonds. The van der Waals surface area contributed by atoms with Gasteiger partial charge in [-0.05, 0) is 60.8 Å². The summed E-state index contributed by atoms with van der Waals surface area (Å²) >= 11 is 1.88. The zero-order chi connectivity index (χ0) is 11.2. The van der Waals surface area contributed by atoms with E-state index in [1.54, 1.807) is 6.42 Å². The minimum absolute atomic E-state index is 0.835. The monoisotopic (exact) mass is 247 g/mol. The van der Waals surface area contributed by atoms with Gasteiger partial charge >= 0.3 is 0 Å². The molecule has 3 saturated carbocycles. The molecular formula is C15H21NS. The second-order valence-corrected chi connectivity index (χ2v) is 7.25. The third-order valence-corrected chi connectivity index (χ3v) is 6.42. The first-order valence-electron chi connectivity index (χ1n) is 7.17. The highest BCUT2D eigenvalue weighted by molar-refractivity contribution is 7.09. The maximum absolute atomic E-state index is 3.84. The molecule has 2 heteroatoms. The number of hydrogen-bond donors (Lipinski definition) is 1. The molecule has 5 atom stereocenters. The standard InChI is InChI=1S/C15H21NS/c1-4-12-10-7-14(13(12)5-1)15(8-10)16-9-11-3-2-6-17-11/h2-3,6,10,12-16H,1,4-5,7-9H2/t10-,12-,13-,14-,15-/m1/s1. The van der Waals surface area contributed by atoms with Gasteiger partial charge in [0, 0.05) is 17.5 Å². The molecule has 0 radical (unpaired) electrons. The lowest BCUT2D eigenvalue weighted by Gasteiger charge is -2.32. The van der Waals surface area contributed by atoms with Crippen molar-refractivity contribution < 1.29 is 0 Å². The van der Waals surface area contributed by atoms with Crippen LogP contribution in [0.1, 0.15) is 37.0 Å². The summed E-state index contributed by atoms with van der Waals surface area (Å²) in [5, 5.41) is 6.02. The van der Waals surface area contributed by atoms with Crippen LogP contribution in [0.2, 0.25) is 0 Å². The van der Waals surface area contributed by atoms with Crippen molar-refractivity contribution in [2.45, 2.75) is 44.7 Å². The second kappa shape index (κ2) is 4.10. The van der Waals surface area contributed by atoms with Crippen molar-refractivity contribution in [1.29, 1.82) is 0 Å². The first-order chi connectivity index (χ1) is 8.42. The van der Waals surface area contributed by atoms with Crippen LogP contribution in [0.3, 0.4) is 0 Å². The molecule has 0 saturated heterocycles. The average Bonchev–Trinajstić information content (AvgIpc) is 3.08. The fourth-order valence-corrected chi connectivity index (χ4v) is 5.60. The molecule has 17 heavy (non-hydrogen) atoms. The van der Waals surface area contributed by atoms with Crippen LogP contribution in [0.5, 0.6) is 0 Å². The fourth-order valence-electron chi connectivity index (χ4n) is 4.95. The van der Waals surface area contributed by atoms with Gasteiger partial charge in [-0.2, -0.15) is 0 Å². The van der Waals surface area contributed by atoms with E-state index >= 15 is 0 Å². The van der Waals surface area contributed by atoms with Gasteiger partial charge in [0.15, 0.2) is 0 Å². The molecule has 1 heterocycles. The summed E-state index contributed by atoms with van der Waals surface area (Å²) in [5.74, 6) is 4.31. The second-order valence-electron chi connectivity index (χ2n) is 6.22. The van der Waals surface area contributed by atoms with E-state index in [9.17, 15) is 0 Å². The zero-order valence-corrected chi connectivity index (χ0v) is 11.1. The summed E-state index contributed by atoms with van der Waals surface area (Å²) in [7, 11) is 0. The van der Waals surface area contributed by atoms with Crippen molar-refractivity contribution in [3.63, 3.8) is 0 Å². The number of thiophene rings is 1. The van der Waals surface area contributed by atoms with E-state index in [4.69, 9.17) is 0 Å². The van der Waals surface area contributed by atoms with E-state index in [0.717, 1.165) is 36.3 Å². The molecule has 1 aromatic heterocycles. The smallest absolute Gasteiger partial charge is 0.0302 e. The van der Waals surface area contributed by atoms with Gasteiger partial charge in [0.25, 0.3) is 0 Å². The van der Waals surface area contributed by atoms with Gasteiger partial charge in [0.1, 0.15) is 0 Å². The minimum Gasteiger partial charge on any atom is -0.309 e. The Kier molecular flexibility index (Phi) is 2.55. The van der Waals surface area contributed by atoms with Crippen LogP contribution in [0, 0.1) is 23.7 Å². The summed E-state index contributed by atoms with van der Waals surface area (Å²) in [5.41, 5.74) is 0. The van der Waals surface area contributed by atoms with E-state index in [1.807, 2.05) is 11.3 Å². The van der Waals surface area contributed by atoms with Crippen molar-refractivity contribution in [1.82, 2.24) is 5.32 Å². The number of fused-ring (bicyclic) bond motifs is 5. The van der Waals surface area contributed by atoms with Crippen LogP contribution in [0.25, 0.3) is 0 Å². The Hall–Kier alpha value is -0.340. The Morgan fingerprint density at radius 3 is 3.00 bits per heavy atom. The van der Waals surface area contributed by atoms with Crippen LogP contribution in [0.15, 0.2) is 17.5 Å². The van der Waals surface area contributed by atoms with E-state index in [1.165, 1.54) is 30.6 Å². The van der Waals surface area contributed by atoms with E-state index in [-0.39, 0.29) is 0 Å². The zero-order valence-electron chi connectivity index (χ0n) is 10.3. The first kappa shape index (κ1) is 10.6. The van der Waals surface area contributed by atoms with Crippen molar-refractivity contribution >= 4 is 11.3 Å². The molecule has 3 aliphatic carbocycles. The first-order valence-corrected chi connectivity index (χ1v) is 8.05. The molecule has 0 aliphatic heterocycles. The summed E-state index contributed by atoms with van der Waals surface area (Å²) in [6, 6.07) is 5.25. The highest BCUT2D eigenvalue weighted by atomic mass is 32.1. The Morgan fingerprint density at radius 1 is 1.18 bits per heavy atom. The van der Waals surface area contributed by atoms with E-state index in [0.29, 0.717) is 0 Å². The number of nitrogens with one attached hydrogen (secondary N) is 1. The molecule has 3 aliphatic rings. The molecule has 2 bridgehead atoms. The highest BCUT2D eigenvalue weighted by Gasteiger charge is 2.53. The van der Waals surface area contributed by atoms with Gasteiger partial charge in [-0.15, -0.1) is 11.3 Å². The van der Waals surface area contributed by atoms with Crippen molar-refractivity contribution in [3.8, 4) is 0 Å². The summed E-state index contributed by atoms with van der Waals surface area (Å²) in [4.78, 5) is 1.50. The topological polar surface area (TPSA) is 12.0 Å². The largest absolute Gasteiger partial charge is 0.309 e. The summed E-state index contributed by atoms with van der Waals surface area (Å²) < 4.78 is 0. The average molecular weight is 247 g/mol. The summed E-state index contributed by atoms with van der Waals surface area (Å²) in [6.07, 6.45) is 7.60. The van der Waals surface area contributed by atoms with Gasteiger partial charge in [0.05, 0.1) is 0 Å². The normalized spacial score (nSPS) is 43.2. The maximum atomic E-state index is 3.84. The quantitative estimate of drug-likeness (QED) is 0.859. The molecule has 92 valence electrons. The summed E-state index contributed by atoms with van der Waals surface area (Å²) in [6.45, 7) is 1.10. The van der Waals surface area contributed by atoms with Crippen LogP contribution in [0.4, 0.5) is 0 Å². The molecule has 0 aromatic carbocycles. The van der Waals surface area contributed by atoms with Crippen LogP contribution >= 0.6 is 11.3 Å². The molecule has 1 nitrogen and oxygen atoms in total.